The smallest absolute Gasteiger partial charge is 0.255 e. The first-order chi connectivity index (χ1) is 11.6. The van der Waals surface area contributed by atoms with Crippen LogP contribution in [0.25, 0.3) is 0 Å². The molecule has 126 valence electrons. The van der Waals surface area contributed by atoms with Gasteiger partial charge in [-0.25, -0.2) is 0 Å². The minimum Gasteiger partial charge on any atom is -0.322 e. The van der Waals surface area contributed by atoms with E-state index in [2.05, 4.69) is 29.3 Å². The van der Waals surface area contributed by atoms with Crippen LogP contribution in [-0.2, 0) is 6.54 Å². The molecule has 0 aromatic heterocycles. The highest BCUT2D eigenvalue weighted by Crippen LogP contribution is 2.17. The molecule has 0 unspecified atom stereocenters. The molecular weight excluding hydrogens is 296 g/mol. The Morgan fingerprint density at radius 1 is 0.958 bits per heavy atom. The van der Waals surface area contributed by atoms with E-state index in [0.717, 1.165) is 17.8 Å². The van der Waals surface area contributed by atoms with E-state index in [0.29, 0.717) is 5.56 Å². The predicted octanol–water partition coefficient (Wildman–Crippen LogP) is 4.54. The minimum atomic E-state index is -0.0538. The topological polar surface area (TPSA) is 32.3 Å². The Hall–Kier alpha value is -2.13. The van der Waals surface area contributed by atoms with Gasteiger partial charge in [0.05, 0.1) is 0 Å². The van der Waals surface area contributed by atoms with Crippen molar-refractivity contribution in [2.24, 2.45) is 0 Å². The van der Waals surface area contributed by atoms with Gasteiger partial charge in [0.1, 0.15) is 0 Å². The first-order valence-electron chi connectivity index (χ1n) is 8.82. The van der Waals surface area contributed by atoms with E-state index in [9.17, 15) is 4.79 Å². The monoisotopic (exact) mass is 322 g/mol. The molecule has 1 heterocycles. The SMILES string of the molecule is Cc1ccc(C(=O)Nc2ccc(CN3CCCCC3)cc2)cc1C. The fourth-order valence-corrected chi connectivity index (χ4v) is 3.16. The average molecular weight is 322 g/mol. The van der Waals surface area contributed by atoms with Gasteiger partial charge in [-0.3, -0.25) is 9.69 Å². The van der Waals surface area contributed by atoms with Gasteiger partial charge in [-0.15, -0.1) is 0 Å². The number of nitrogens with zero attached hydrogens (tertiary/aromatic N) is 1. The predicted molar refractivity (Wildman–Crippen MR) is 99.4 cm³/mol. The molecule has 2 aromatic carbocycles. The van der Waals surface area contributed by atoms with E-state index in [-0.39, 0.29) is 5.91 Å². The summed E-state index contributed by atoms with van der Waals surface area (Å²) < 4.78 is 0. The van der Waals surface area contributed by atoms with Crippen LogP contribution < -0.4 is 5.32 Å². The molecule has 1 fully saturated rings. The third kappa shape index (κ3) is 4.24. The number of hydrogen-bond acceptors (Lipinski definition) is 2. The molecule has 0 saturated carbocycles. The Bertz CT molecular complexity index is 700. The number of carbonyl (C=O) groups excluding carboxylic acids is 1. The molecule has 1 amide bonds. The van der Waals surface area contributed by atoms with Crippen LogP contribution in [-0.4, -0.2) is 23.9 Å². The number of likely N-dealkylation sites (tertiary alicyclic amines) is 1. The van der Waals surface area contributed by atoms with Crippen LogP contribution in [0.4, 0.5) is 5.69 Å². The molecular formula is C21H26N2O. The molecule has 0 atom stereocenters. The summed E-state index contributed by atoms with van der Waals surface area (Å²) in [4.78, 5) is 14.9. The molecule has 1 aliphatic heterocycles. The van der Waals surface area contributed by atoms with Crippen LogP contribution >= 0.6 is 0 Å². The number of aryl methyl sites for hydroxylation is 2. The number of hydrogen-bond donors (Lipinski definition) is 1. The standard InChI is InChI=1S/C21H26N2O/c1-16-6-9-19(14-17(16)2)21(24)22-20-10-7-18(8-11-20)15-23-12-4-3-5-13-23/h6-11,14H,3-5,12-13,15H2,1-2H3,(H,22,24). The third-order valence-corrected chi connectivity index (χ3v) is 4.84. The van der Waals surface area contributed by atoms with Gasteiger partial charge in [-0.05, 0) is 80.7 Å². The van der Waals surface area contributed by atoms with Gasteiger partial charge in [0.25, 0.3) is 5.91 Å². The minimum absolute atomic E-state index is 0.0538. The summed E-state index contributed by atoms with van der Waals surface area (Å²) in [7, 11) is 0. The second kappa shape index (κ2) is 7.63. The molecule has 0 spiro atoms. The second-order valence-electron chi connectivity index (χ2n) is 6.79. The molecule has 2 aromatic rings. The van der Waals surface area contributed by atoms with E-state index in [1.54, 1.807) is 0 Å². The van der Waals surface area contributed by atoms with Gasteiger partial charge in [0, 0.05) is 17.8 Å². The summed E-state index contributed by atoms with van der Waals surface area (Å²) >= 11 is 0. The summed E-state index contributed by atoms with van der Waals surface area (Å²) in [6.45, 7) is 7.49. The number of benzene rings is 2. The van der Waals surface area contributed by atoms with Gasteiger partial charge >= 0.3 is 0 Å². The molecule has 3 heteroatoms. The molecule has 0 bridgehead atoms. The Morgan fingerprint density at radius 2 is 1.67 bits per heavy atom. The van der Waals surface area contributed by atoms with E-state index >= 15 is 0 Å². The van der Waals surface area contributed by atoms with Gasteiger partial charge in [0.15, 0.2) is 0 Å². The van der Waals surface area contributed by atoms with Crippen molar-refractivity contribution in [2.45, 2.75) is 39.7 Å². The molecule has 1 saturated heterocycles. The first-order valence-corrected chi connectivity index (χ1v) is 8.82. The Morgan fingerprint density at radius 3 is 2.33 bits per heavy atom. The fourth-order valence-electron chi connectivity index (χ4n) is 3.16. The fraction of sp³-hybridized carbons (Fsp3) is 0.381. The molecule has 3 rings (SSSR count). The first kappa shape index (κ1) is 16.7. The van der Waals surface area contributed by atoms with Gasteiger partial charge < -0.3 is 5.32 Å². The quantitative estimate of drug-likeness (QED) is 0.896. The van der Waals surface area contributed by atoms with Crippen LogP contribution in [0.3, 0.4) is 0 Å². The lowest BCUT2D eigenvalue weighted by atomic mass is 10.1. The van der Waals surface area contributed by atoms with Crippen LogP contribution in [0.2, 0.25) is 0 Å². The van der Waals surface area contributed by atoms with Crippen molar-refractivity contribution in [1.82, 2.24) is 4.90 Å². The van der Waals surface area contributed by atoms with Crippen LogP contribution in [0.15, 0.2) is 42.5 Å². The lowest BCUT2D eigenvalue weighted by Gasteiger charge is -2.26. The summed E-state index contributed by atoms with van der Waals surface area (Å²) in [5.74, 6) is -0.0538. The lowest BCUT2D eigenvalue weighted by molar-refractivity contribution is 0.102. The average Bonchev–Trinajstić information content (AvgIpc) is 2.60. The number of piperidine rings is 1. The Labute approximate surface area is 144 Å². The molecule has 1 N–H and O–H groups in total. The zero-order valence-electron chi connectivity index (χ0n) is 14.6. The van der Waals surface area contributed by atoms with Crippen molar-refractivity contribution in [1.29, 1.82) is 0 Å². The summed E-state index contributed by atoms with van der Waals surface area (Å²) in [5.41, 5.74) is 5.20. The summed E-state index contributed by atoms with van der Waals surface area (Å²) in [6.07, 6.45) is 3.98. The normalized spacial score (nSPS) is 15.2. The van der Waals surface area contributed by atoms with E-state index in [4.69, 9.17) is 0 Å². The number of nitrogens with one attached hydrogen (secondary N) is 1. The van der Waals surface area contributed by atoms with Gasteiger partial charge in [-0.1, -0.05) is 24.6 Å². The van der Waals surface area contributed by atoms with Crippen molar-refractivity contribution < 1.29 is 4.79 Å². The highest BCUT2D eigenvalue weighted by molar-refractivity contribution is 6.04. The van der Waals surface area contributed by atoms with Gasteiger partial charge in [-0.2, -0.15) is 0 Å². The highest BCUT2D eigenvalue weighted by Gasteiger charge is 2.11. The zero-order chi connectivity index (χ0) is 16.9. The largest absolute Gasteiger partial charge is 0.322 e. The molecule has 24 heavy (non-hydrogen) atoms. The maximum absolute atomic E-state index is 12.4. The zero-order valence-corrected chi connectivity index (χ0v) is 14.6. The Balaban J connectivity index is 1.60. The van der Waals surface area contributed by atoms with Gasteiger partial charge in [0.2, 0.25) is 0 Å². The maximum atomic E-state index is 12.4. The number of carbonyl (C=O) groups is 1. The van der Waals surface area contributed by atoms with Crippen LogP contribution in [0.5, 0.6) is 0 Å². The van der Waals surface area contributed by atoms with Crippen molar-refractivity contribution in [2.75, 3.05) is 18.4 Å². The lowest BCUT2D eigenvalue weighted by Crippen LogP contribution is -2.29. The van der Waals surface area contributed by atoms with E-state index in [1.807, 2.05) is 37.3 Å². The number of rotatable bonds is 4. The van der Waals surface area contributed by atoms with Crippen LogP contribution in [0.1, 0.15) is 46.3 Å². The Kier molecular flexibility index (Phi) is 5.31. The van der Waals surface area contributed by atoms with Crippen molar-refractivity contribution in [3.05, 3.63) is 64.7 Å². The van der Waals surface area contributed by atoms with Crippen molar-refractivity contribution in [3.8, 4) is 0 Å². The molecule has 0 aliphatic carbocycles. The molecule has 1 aliphatic rings. The molecule has 0 radical (unpaired) electrons. The highest BCUT2D eigenvalue weighted by atomic mass is 16.1. The third-order valence-electron chi connectivity index (χ3n) is 4.84. The van der Waals surface area contributed by atoms with Crippen molar-refractivity contribution >= 4 is 11.6 Å². The molecule has 3 nitrogen and oxygen atoms in total. The second-order valence-corrected chi connectivity index (χ2v) is 6.79. The summed E-state index contributed by atoms with van der Waals surface area (Å²) in [5, 5.41) is 2.98. The van der Waals surface area contributed by atoms with E-state index < -0.39 is 0 Å². The maximum Gasteiger partial charge on any atom is 0.255 e. The number of amides is 1. The number of anilines is 1. The van der Waals surface area contributed by atoms with E-state index in [1.165, 1.54) is 43.5 Å². The summed E-state index contributed by atoms with van der Waals surface area (Å²) in [6, 6.07) is 14.0. The van der Waals surface area contributed by atoms with Crippen molar-refractivity contribution in [3.63, 3.8) is 0 Å². The van der Waals surface area contributed by atoms with Crippen LogP contribution in [0, 0.1) is 13.8 Å².